The summed E-state index contributed by atoms with van der Waals surface area (Å²) < 4.78 is 0. The summed E-state index contributed by atoms with van der Waals surface area (Å²) in [7, 11) is 2.22. The zero-order valence-corrected chi connectivity index (χ0v) is 19.2. The number of hydrogen-bond donors (Lipinski definition) is 3. The third kappa shape index (κ3) is 3.65. The number of nitrogens with one attached hydrogen (secondary N) is 3. The van der Waals surface area contributed by atoms with Crippen LogP contribution in [0.1, 0.15) is 43.9 Å². The number of benzene rings is 1. The van der Waals surface area contributed by atoms with Crippen molar-refractivity contribution in [3.05, 3.63) is 41.1 Å². The number of aromatic nitrogens is 3. The molecule has 1 saturated heterocycles. The standard InChI is InChI=1S/C24H34N6/c1-13-8-9-20(16(4)15(13)3)26-23-19-10-11-25-22(19)28-24(29-23)27-21-12-14(2)30(7)18(6)17(21)5/h8-11,14,17-18,21H,12H2,1-7H3,(H3,25,26,27,28,29). The van der Waals surface area contributed by atoms with E-state index in [4.69, 9.17) is 9.97 Å². The van der Waals surface area contributed by atoms with Gasteiger partial charge in [0.25, 0.3) is 0 Å². The molecule has 2 aromatic heterocycles. The number of aryl methyl sites for hydroxylation is 1. The molecule has 1 aliphatic rings. The molecule has 160 valence electrons. The molecule has 1 fully saturated rings. The molecule has 30 heavy (non-hydrogen) atoms. The molecule has 4 unspecified atom stereocenters. The number of likely N-dealkylation sites (tertiary alicyclic amines) is 1. The number of hydrogen-bond acceptors (Lipinski definition) is 5. The molecule has 0 radical (unpaired) electrons. The van der Waals surface area contributed by atoms with Crippen LogP contribution in [0, 0.1) is 26.7 Å². The van der Waals surface area contributed by atoms with Crippen molar-refractivity contribution in [1.82, 2.24) is 19.9 Å². The highest BCUT2D eigenvalue weighted by atomic mass is 15.2. The third-order valence-electron chi connectivity index (χ3n) is 7.37. The molecule has 1 aliphatic heterocycles. The van der Waals surface area contributed by atoms with Crippen LogP contribution >= 0.6 is 0 Å². The lowest BCUT2D eigenvalue weighted by atomic mass is 9.84. The Morgan fingerprint density at radius 1 is 1.03 bits per heavy atom. The maximum absolute atomic E-state index is 4.89. The SMILES string of the molecule is Cc1ccc(Nc2nc(NC3CC(C)N(C)C(C)C3C)nc3[nH]ccc23)c(C)c1C. The molecule has 0 saturated carbocycles. The second kappa shape index (κ2) is 7.91. The average molecular weight is 407 g/mol. The molecule has 3 heterocycles. The van der Waals surface area contributed by atoms with Crippen molar-refractivity contribution in [2.75, 3.05) is 17.7 Å². The Morgan fingerprint density at radius 2 is 1.80 bits per heavy atom. The summed E-state index contributed by atoms with van der Waals surface area (Å²) >= 11 is 0. The van der Waals surface area contributed by atoms with Gasteiger partial charge in [-0.3, -0.25) is 0 Å². The topological polar surface area (TPSA) is 68.9 Å². The van der Waals surface area contributed by atoms with Gasteiger partial charge in [-0.05, 0) is 82.8 Å². The van der Waals surface area contributed by atoms with Gasteiger partial charge in [-0.1, -0.05) is 13.0 Å². The van der Waals surface area contributed by atoms with Gasteiger partial charge in [0, 0.05) is 30.0 Å². The Hall–Kier alpha value is -2.60. The first kappa shape index (κ1) is 20.7. The Kier molecular flexibility index (Phi) is 5.45. The van der Waals surface area contributed by atoms with Crippen molar-refractivity contribution in [2.24, 2.45) is 5.92 Å². The lowest BCUT2D eigenvalue weighted by molar-refractivity contribution is 0.0827. The summed E-state index contributed by atoms with van der Waals surface area (Å²) in [6, 6.07) is 7.70. The molecule has 0 bridgehead atoms. The number of fused-ring (bicyclic) bond motifs is 1. The smallest absolute Gasteiger partial charge is 0.226 e. The van der Waals surface area contributed by atoms with E-state index in [1.165, 1.54) is 16.7 Å². The molecular formula is C24H34N6. The first-order chi connectivity index (χ1) is 14.3. The summed E-state index contributed by atoms with van der Waals surface area (Å²) in [5.74, 6) is 2.01. The number of piperidine rings is 1. The van der Waals surface area contributed by atoms with Crippen LogP contribution in [-0.4, -0.2) is 45.0 Å². The molecular weight excluding hydrogens is 372 g/mol. The molecule has 4 atom stereocenters. The van der Waals surface area contributed by atoms with Gasteiger partial charge in [0.1, 0.15) is 11.5 Å². The van der Waals surface area contributed by atoms with Gasteiger partial charge in [0.05, 0.1) is 5.39 Å². The Labute approximate surface area is 179 Å². The zero-order chi connectivity index (χ0) is 21.6. The minimum atomic E-state index is 0.342. The van der Waals surface area contributed by atoms with Crippen LogP contribution in [0.5, 0.6) is 0 Å². The van der Waals surface area contributed by atoms with Crippen LogP contribution in [0.3, 0.4) is 0 Å². The molecule has 6 nitrogen and oxygen atoms in total. The highest BCUT2D eigenvalue weighted by Crippen LogP contribution is 2.31. The van der Waals surface area contributed by atoms with Gasteiger partial charge in [-0.2, -0.15) is 9.97 Å². The van der Waals surface area contributed by atoms with Crippen molar-refractivity contribution in [1.29, 1.82) is 0 Å². The lowest BCUT2D eigenvalue weighted by Gasteiger charge is -2.45. The first-order valence-electron chi connectivity index (χ1n) is 10.9. The molecule has 4 rings (SSSR count). The van der Waals surface area contributed by atoms with Crippen LogP contribution in [0.4, 0.5) is 17.5 Å². The van der Waals surface area contributed by atoms with E-state index in [1.807, 2.05) is 12.3 Å². The van der Waals surface area contributed by atoms with E-state index >= 15 is 0 Å². The number of rotatable bonds is 4. The van der Waals surface area contributed by atoms with Crippen molar-refractivity contribution in [2.45, 2.75) is 66.1 Å². The largest absolute Gasteiger partial charge is 0.351 e. The molecule has 6 heteroatoms. The summed E-state index contributed by atoms with van der Waals surface area (Å²) in [6.07, 6.45) is 3.00. The second-order valence-electron chi connectivity index (χ2n) is 9.04. The quantitative estimate of drug-likeness (QED) is 0.559. The fraction of sp³-hybridized carbons (Fsp3) is 0.500. The monoisotopic (exact) mass is 406 g/mol. The zero-order valence-electron chi connectivity index (χ0n) is 19.2. The number of anilines is 3. The van der Waals surface area contributed by atoms with Crippen molar-refractivity contribution in [3.63, 3.8) is 0 Å². The number of H-pyrrole nitrogens is 1. The van der Waals surface area contributed by atoms with Gasteiger partial charge >= 0.3 is 0 Å². The first-order valence-corrected chi connectivity index (χ1v) is 10.9. The summed E-state index contributed by atoms with van der Waals surface area (Å²) in [6.45, 7) is 13.4. The van der Waals surface area contributed by atoms with E-state index in [0.29, 0.717) is 30.0 Å². The van der Waals surface area contributed by atoms with Gasteiger partial charge in [-0.25, -0.2) is 0 Å². The van der Waals surface area contributed by atoms with Gasteiger partial charge in [0.2, 0.25) is 5.95 Å². The predicted molar refractivity (Wildman–Crippen MR) is 126 cm³/mol. The lowest BCUT2D eigenvalue weighted by Crippen LogP contribution is -2.53. The fourth-order valence-corrected chi connectivity index (χ4v) is 4.53. The molecule has 0 aliphatic carbocycles. The highest BCUT2D eigenvalue weighted by molar-refractivity contribution is 5.90. The van der Waals surface area contributed by atoms with Crippen LogP contribution in [-0.2, 0) is 0 Å². The van der Waals surface area contributed by atoms with E-state index < -0.39 is 0 Å². The maximum Gasteiger partial charge on any atom is 0.226 e. The fourth-order valence-electron chi connectivity index (χ4n) is 4.53. The van der Waals surface area contributed by atoms with E-state index in [9.17, 15) is 0 Å². The normalized spacial score (nSPS) is 24.9. The second-order valence-corrected chi connectivity index (χ2v) is 9.04. The predicted octanol–water partition coefficient (Wildman–Crippen LogP) is 5.16. The van der Waals surface area contributed by atoms with Gasteiger partial charge in [-0.15, -0.1) is 0 Å². The minimum absolute atomic E-state index is 0.342. The Bertz CT molecular complexity index is 1060. The van der Waals surface area contributed by atoms with E-state index in [2.05, 4.69) is 81.2 Å². The summed E-state index contributed by atoms with van der Waals surface area (Å²) in [5, 5.41) is 8.21. The Balaban J connectivity index is 1.66. The summed E-state index contributed by atoms with van der Waals surface area (Å²) in [4.78, 5) is 15.4. The van der Waals surface area contributed by atoms with Gasteiger partial charge < -0.3 is 20.5 Å². The third-order valence-corrected chi connectivity index (χ3v) is 7.37. The van der Waals surface area contributed by atoms with Crippen LogP contribution in [0.25, 0.3) is 11.0 Å². The Morgan fingerprint density at radius 3 is 2.57 bits per heavy atom. The van der Waals surface area contributed by atoms with Crippen molar-refractivity contribution < 1.29 is 0 Å². The van der Waals surface area contributed by atoms with Crippen LogP contribution in [0.2, 0.25) is 0 Å². The molecule has 0 spiro atoms. The number of nitrogens with zero attached hydrogens (tertiary/aromatic N) is 3. The number of aromatic amines is 1. The van der Waals surface area contributed by atoms with Crippen molar-refractivity contribution >= 4 is 28.5 Å². The van der Waals surface area contributed by atoms with E-state index in [0.717, 1.165) is 29.0 Å². The van der Waals surface area contributed by atoms with Crippen LogP contribution < -0.4 is 10.6 Å². The van der Waals surface area contributed by atoms with Crippen LogP contribution in [0.15, 0.2) is 24.4 Å². The molecule has 3 aromatic rings. The minimum Gasteiger partial charge on any atom is -0.351 e. The van der Waals surface area contributed by atoms with Gasteiger partial charge in [0.15, 0.2) is 0 Å². The molecule has 1 aromatic carbocycles. The average Bonchev–Trinajstić information content (AvgIpc) is 3.19. The molecule has 0 amide bonds. The summed E-state index contributed by atoms with van der Waals surface area (Å²) in [5.41, 5.74) is 5.78. The molecule has 3 N–H and O–H groups in total. The van der Waals surface area contributed by atoms with E-state index in [1.54, 1.807) is 0 Å². The van der Waals surface area contributed by atoms with E-state index in [-0.39, 0.29) is 0 Å². The maximum atomic E-state index is 4.89. The highest BCUT2D eigenvalue weighted by Gasteiger charge is 2.35. The van der Waals surface area contributed by atoms with Crippen molar-refractivity contribution in [3.8, 4) is 0 Å².